The van der Waals surface area contributed by atoms with E-state index in [0.717, 1.165) is 5.56 Å². The van der Waals surface area contributed by atoms with Gasteiger partial charge in [0.2, 0.25) is 0 Å². The SMILES string of the molecule is Cn1cc(-c2ncn(C)c(=O)c2Br)cn1. The van der Waals surface area contributed by atoms with Gasteiger partial charge in [-0.25, -0.2) is 4.98 Å². The average molecular weight is 269 g/mol. The summed E-state index contributed by atoms with van der Waals surface area (Å²) in [5.74, 6) is 0. The third-order valence-electron chi connectivity index (χ3n) is 2.05. The first-order chi connectivity index (χ1) is 7.09. The Labute approximate surface area is 94.5 Å². The standard InChI is InChI=1S/C9H9BrN4O/c1-13-5-11-8(7(10)9(13)15)6-3-12-14(2)4-6/h3-5H,1-2H3. The quantitative estimate of drug-likeness (QED) is 0.774. The van der Waals surface area contributed by atoms with Crippen LogP contribution in [0.2, 0.25) is 0 Å². The van der Waals surface area contributed by atoms with Crippen LogP contribution in [0, 0.1) is 0 Å². The fourth-order valence-electron chi connectivity index (χ4n) is 1.25. The summed E-state index contributed by atoms with van der Waals surface area (Å²) in [5, 5.41) is 4.03. The molecule has 0 radical (unpaired) electrons. The molecule has 2 aromatic heterocycles. The van der Waals surface area contributed by atoms with Crippen molar-refractivity contribution < 1.29 is 0 Å². The zero-order valence-electron chi connectivity index (χ0n) is 8.31. The molecule has 0 fully saturated rings. The molecule has 0 N–H and O–H groups in total. The van der Waals surface area contributed by atoms with E-state index in [2.05, 4.69) is 26.0 Å². The van der Waals surface area contributed by atoms with Gasteiger partial charge in [0.05, 0.1) is 18.2 Å². The Kier molecular flexibility index (Phi) is 2.44. The van der Waals surface area contributed by atoms with Crippen molar-refractivity contribution >= 4 is 15.9 Å². The van der Waals surface area contributed by atoms with Gasteiger partial charge in [0.25, 0.3) is 5.56 Å². The highest BCUT2D eigenvalue weighted by Crippen LogP contribution is 2.21. The Bertz CT molecular complexity index is 557. The maximum absolute atomic E-state index is 11.6. The summed E-state index contributed by atoms with van der Waals surface area (Å²) >= 11 is 3.24. The number of hydrogen-bond acceptors (Lipinski definition) is 3. The van der Waals surface area contributed by atoms with Crippen LogP contribution < -0.4 is 5.56 Å². The molecule has 0 saturated carbocycles. The largest absolute Gasteiger partial charge is 0.301 e. The topological polar surface area (TPSA) is 52.7 Å². The minimum atomic E-state index is -0.108. The highest BCUT2D eigenvalue weighted by molar-refractivity contribution is 9.10. The van der Waals surface area contributed by atoms with E-state index in [1.807, 2.05) is 13.2 Å². The van der Waals surface area contributed by atoms with Gasteiger partial charge in [-0.1, -0.05) is 0 Å². The maximum Gasteiger partial charge on any atom is 0.267 e. The minimum absolute atomic E-state index is 0.108. The predicted molar refractivity (Wildman–Crippen MR) is 59.4 cm³/mol. The van der Waals surface area contributed by atoms with Gasteiger partial charge in [-0.3, -0.25) is 9.48 Å². The average Bonchev–Trinajstić information content (AvgIpc) is 2.61. The van der Waals surface area contributed by atoms with Gasteiger partial charge in [-0.05, 0) is 15.9 Å². The fraction of sp³-hybridized carbons (Fsp3) is 0.222. The van der Waals surface area contributed by atoms with E-state index in [4.69, 9.17) is 0 Å². The molecule has 6 heteroatoms. The van der Waals surface area contributed by atoms with Crippen LogP contribution in [0.1, 0.15) is 0 Å². The third-order valence-corrected chi connectivity index (χ3v) is 2.77. The van der Waals surface area contributed by atoms with Crippen LogP contribution in [0.3, 0.4) is 0 Å². The Morgan fingerprint density at radius 3 is 2.73 bits per heavy atom. The molecule has 15 heavy (non-hydrogen) atoms. The van der Waals surface area contributed by atoms with Crippen molar-refractivity contribution in [2.75, 3.05) is 0 Å². The lowest BCUT2D eigenvalue weighted by Crippen LogP contribution is -2.18. The van der Waals surface area contributed by atoms with Crippen molar-refractivity contribution in [1.29, 1.82) is 0 Å². The van der Waals surface area contributed by atoms with Gasteiger partial charge in [-0.15, -0.1) is 0 Å². The molecule has 2 rings (SSSR count). The maximum atomic E-state index is 11.6. The summed E-state index contributed by atoms with van der Waals surface area (Å²) < 4.78 is 3.55. The second-order valence-corrected chi connectivity index (χ2v) is 4.02. The molecule has 78 valence electrons. The molecule has 5 nitrogen and oxygen atoms in total. The summed E-state index contributed by atoms with van der Waals surface area (Å²) in [6.45, 7) is 0. The Morgan fingerprint density at radius 2 is 2.13 bits per heavy atom. The molecule has 0 unspecified atom stereocenters. The van der Waals surface area contributed by atoms with Crippen LogP contribution in [-0.2, 0) is 14.1 Å². The van der Waals surface area contributed by atoms with Crippen molar-refractivity contribution in [3.8, 4) is 11.3 Å². The summed E-state index contributed by atoms with van der Waals surface area (Å²) in [6.07, 6.45) is 4.98. The highest BCUT2D eigenvalue weighted by atomic mass is 79.9. The van der Waals surface area contributed by atoms with Crippen molar-refractivity contribution in [2.45, 2.75) is 0 Å². The van der Waals surface area contributed by atoms with Crippen LogP contribution in [0.25, 0.3) is 11.3 Å². The molecule has 0 atom stereocenters. The van der Waals surface area contributed by atoms with Gasteiger partial charge in [0.1, 0.15) is 4.47 Å². The van der Waals surface area contributed by atoms with E-state index in [0.29, 0.717) is 10.2 Å². The van der Waals surface area contributed by atoms with E-state index in [9.17, 15) is 4.79 Å². The van der Waals surface area contributed by atoms with Gasteiger partial charge in [-0.2, -0.15) is 5.10 Å². The minimum Gasteiger partial charge on any atom is -0.301 e. The molecule has 0 aliphatic carbocycles. The van der Waals surface area contributed by atoms with Crippen molar-refractivity contribution in [2.24, 2.45) is 14.1 Å². The number of aromatic nitrogens is 4. The number of aryl methyl sites for hydroxylation is 2. The first kappa shape index (κ1) is 10.1. The lowest BCUT2D eigenvalue weighted by molar-refractivity contribution is 0.768. The van der Waals surface area contributed by atoms with Crippen LogP contribution in [-0.4, -0.2) is 19.3 Å². The molecule has 0 saturated heterocycles. The van der Waals surface area contributed by atoms with E-state index in [1.54, 1.807) is 17.9 Å². The number of hydrogen-bond donors (Lipinski definition) is 0. The first-order valence-electron chi connectivity index (χ1n) is 4.29. The van der Waals surface area contributed by atoms with E-state index in [-0.39, 0.29) is 5.56 Å². The number of halogens is 1. The molecular formula is C9H9BrN4O. The zero-order valence-corrected chi connectivity index (χ0v) is 9.89. The molecule has 0 amide bonds. The lowest BCUT2D eigenvalue weighted by Gasteiger charge is -2.01. The van der Waals surface area contributed by atoms with Crippen molar-refractivity contribution in [3.05, 3.63) is 33.5 Å². The smallest absolute Gasteiger partial charge is 0.267 e. The lowest BCUT2D eigenvalue weighted by atomic mass is 10.2. The molecule has 0 aliphatic heterocycles. The van der Waals surface area contributed by atoms with E-state index in [1.165, 1.54) is 10.9 Å². The van der Waals surface area contributed by atoms with Gasteiger partial charge in [0, 0.05) is 25.9 Å². The second kappa shape index (κ2) is 3.62. The summed E-state index contributed by atoms with van der Waals surface area (Å²) in [7, 11) is 3.48. The Morgan fingerprint density at radius 1 is 1.40 bits per heavy atom. The van der Waals surface area contributed by atoms with E-state index < -0.39 is 0 Å². The first-order valence-corrected chi connectivity index (χ1v) is 5.09. The molecule has 0 bridgehead atoms. The predicted octanol–water partition coefficient (Wildman–Crippen LogP) is 0.943. The van der Waals surface area contributed by atoms with Crippen molar-refractivity contribution in [1.82, 2.24) is 19.3 Å². The zero-order chi connectivity index (χ0) is 11.0. The molecule has 2 heterocycles. The Balaban J connectivity index is 2.64. The normalized spacial score (nSPS) is 10.6. The molecule has 0 aliphatic rings. The summed E-state index contributed by atoms with van der Waals surface area (Å²) in [4.78, 5) is 15.8. The molecule has 2 aromatic rings. The van der Waals surface area contributed by atoms with E-state index >= 15 is 0 Å². The summed E-state index contributed by atoms with van der Waals surface area (Å²) in [6, 6.07) is 0. The summed E-state index contributed by atoms with van der Waals surface area (Å²) in [5.41, 5.74) is 1.33. The molecular weight excluding hydrogens is 260 g/mol. The number of rotatable bonds is 1. The molecule has 0 spiro atoms. The van der Waals surface area contributed by atoms with Gasteiger partial charge >= 0.3 is 0 Å². The van der Waals surface area contributed by atoms with Crippen molar-refractivity contribution in [3.63, 3.8) is 0 Å². The third kappa shape index (κ3) is 1.72. The van der Waals surface area contributed by atoms with Crippen LogP contribution in [0.15, 0.2) is 28.0 Å². The van der Waals surface area contributed by atoms with Gasteiger partial charge < -0.3 is 4.57 Å². The monoisotopic (exact) mass is 268 g/mol. The van der Waals surface area contributed by atoms with Gasteiger partial charge in [0.15, 0.2) is 0 Å². The second-order valence-electron chi connectivity index (χ2n) is 3.23. The fourth-order valence-corrected chi connectivity index (χ4v) is 1.87. The number of nitrogens with zero attached hydrogens (tertiary/aromatic N) is 4. The highest BCUT2D eigenvalue weighted by Gasteiger charge is 2.10. The van der Waals surface area contributed by atoms with Crippen LogP contribution >= 0.6 is 15.9 Å². The van der Waals surface area contributed by atoms with Crippen LogP contribution in [0.5, 0.6) is 0 Å². The van der Waals surface area contributed by atoms with Crippen LogP contribution in [0.4, 0.5) is 0 Å². The Hall–Kier alpha value is -1.43. The molecule has 0 aromatic carbocycles.